The first kappa shape index (κ1) is 13.5. The molecule has 0 spiro atoms. The predicted octanol–water partition coefficient (Wildman–Crippen LogP) is 1.96. The molecule has 1 saturated carbocycles. The highest BCUT2D eigenvalue weighted by Gasteiger charge is 2.36. The summed E-state index contributed by atoms with van der Waals surface area (Å²) >= 11 is 0. The van der Waals surface area contributed by atoms with Crippen molar-refractivity contribution in [1.29, 1.82) is 0 Å². The average molecular weight is 289 g/mol. The quantitative estimate of drug-likeness (QED) is 0.501. The van der Waals surface area contributed by atoms with Gasteiger partial charge in [0, 0.05) is 11.6 Å². The number of nitrogens with two attached hydrogens (primary N) is 2. The van der Waals surface area contributed by atoms with Crippen LogP contribution < -0.4 is 11.5 Å². The lowest BCUT2D eigenvalue weighted by Gasteiger charge is -2.17. The topological polar surface area (TPSA) is 134 Å². The molecular weight excluding hydrogens is 274 g/mol. The molecule has 1 heterocycles. The molecule has 1 aromatic carbocycles. The smallest absolute Gasteiger partial charge is 0.292 e. The number of aromatic nitrogens is 2. The Kier molecular flexibility index (Phi) is 3.09. The van der Waals surface area contributed by atoms with E-state index < -0.39 is 10.5 Å². The van der Waals surface area contributed by atoms with Gasteiger partial charge in [-0.15, -0.1) is 0 Å². The van der Waals surface area contributed by atoms with Crippen LogP contribution in [0.1, 0.15) is 31.5 Å². The van der Waals surface area contributed by atoms with Crippen molar-refractivity contribution in [1.82, 2.24) is 10.1 Å². The van der Waals surface area contributed by atoms with Crippen molar-refractivity contribution in [2.75, 3.05) is 5.73 Å². The van der Waals surface area contributed by atoms with E-state index in [1.54, 1.807) is 6.07 Å². The van der Waals surface area contributed by atoms with Gasteiger partial charge >= 0.3 is 0 Å². The Bertz CT molecular complexity index is 691. The zero-order valence-corrected chi connectivity index (χ0v) is 11.3. The first-order chi connectivity index (χ1) is 9.99. The highest BCUT2D eigenvalue weighted by Crippen LogP contribution is 2.36. The fourth-order valence-electron chi connectivity index (χ4n) is 2.61. The minimum Gasteiger partial charge on any atom is -0.393 e. The molecular formula is C13H15N5O3. The monoisotopic (exact) mass is 289 g/mol. The zero-order chi connectivity index (χ0) is 15.0. The minimum absolute atomic E-state index is 0.0922. The number of anilines is 1. The average Bonchev–Trinajstić information content (AvgIpc) is 3.08. The highest BCUT2D eigenvalue weighted by molar-refractivity contribution is 5.67. The fraction of sp³-hybridized carbons (Fsp3) is 0.385. The molecule has 1 aliphatic rings. The van der Waals surface area contributed by atoms with E-state index in [-0.39, 0.29) is 17.3 Å². The third-order valence-corrected chi connectivity index (χ3v) is 3.84. The second-order valence-electron chi connectivity index (χ2n) is 5.32. The van der Waals surface area contributed by atoms with E-state index in [0.29, 0.717) is 11.4 Å². The second kappa shape index (κ2) is 4.81. The lowest BCUT2D eigenvalue weighted by molar-refractivity contribution is -0.383. The Balaban J connectivity index is 1.97. The third kappa shape index (κ3) is 2.33. The molecule has 0 atom stereocenters. The van der Waals surface area contributed by atoms with E-state index in [9.17, 15) is 10.1 Å². The van der Waals surface area contributed by atoms with Gasteiger partial charge in [0.2, 0.25) is 0 Å². The molecule has 0 radical (unpaired) electrons. The van der Waals surface area contributed by atoms with Gasteiger partial charge in [-0.05, 0) is 25.0 Å². The molecule has 0 amide bonds. The fourth-order valence-corrected chi connectivity index (χ4v) is 2.61. The molecule has 1 fully saturated rings. The molecule has 4 N–H and O–H groups in total. The van der Waals surface area contributed by atoms with E-state index >= 15 is 0 Å². The van der Waals surface area contributed by atoms with Crippen LogP contribution in [0.15, 0.2) is 22.7 Å². The summed E-state index contributed by atoms with van der Waals surface area (Å²) < 4.78 is 5.20. The second-order valence-corrected chi connectivity index (χ2v) is 5.32. The van der Waals surface area contributed by atoms with Crippen LogP contribution in [0.5, 0.6) is 0 Å². The van der Waals surface area contributed by atoms with E-state index in [2.05, 4.69) is 10.1 Å². The molecule has 1 aromatic heterocycles. The first-order valence-electron chi connectivity index (χ1n) is 6.67. The number of nitro groups is 1. The van der Waals surface area contributed by atoms with Crippen LogP contribution in [0.3, 0.4) is 0 Å². The van der Waals surface area contributed by atoms with Crippen molar-refractivity contribution in [3.8, 4) is 11.5 Å². The molecule has 8 heteroatoms. The molecule has 1 aliphatic carbocycles. The van der Waals surface area contributed by atoms with Crippen LogP contribution in [0.2, 0.25) is 0 Å². The van der Waals surface area contributed by atoms with Gasteiger partial charge in [0.1, 0.15) is 5.69 Å². The van der Waals surface area contributed by atoms with Gasteiger partial charge < -0.3 is 16.0 Å². The number of rotatable bonds is 3. The van der Waals surface area contributed by atoms with Gasteiger partial charge in [-0.1, -0.05) is 18.0 Å². The lowest BCUT2D eigenvalue weighted by atomic mass is 9.99. The molecule has 2 aromatic rings. The Labute approximate surface area is 120 Å². The summed E-state index contributed by atoms with van der Waals surface area (Å²) in [4.78, 5) is 14.7. The Morgan fingerprint density at radius 2 is 2.05 bits per heavy atom. The molecule has 8 nitrogen and oxygen atoms in total. The van der Waals surface area contributed by atoms with Crippen LogP contribution in [0, 0.1) is 10.1 Å². The highest BCUT2D eigenvalue weighted by atomic mass is 16.6. The maximum Gasteiger partial charge on any atom is 0.292 e. The van der Waals surface area contributed by atoms with Crippen molar-refractivity contribution >= 4 is 11.4 Å². The standard InChI is InChI=1S/C13H15N5O3/c14-9-4-3-8(7-10(9)18(19)20)11-16-12(17-21-11)13(15)5-1-2-6-13/h3-4,7H,1-2,5-6,14-15H2. The SMILES string of the molecule is Nc1ccc(-c2nc(C3(N)CCCC3)no2)cc1[N+](=O)[O-]. The van der Waals surface area contributed by atoms with Gasteiger partial charge in [0.15, 0.2) is 5.82 Å². The van der Waals surface area contributed by atoms with E-state index in [1.807, 2.05) is 0 Å². The minimum atomic E-state index is -0.554. The number of nitro benzene ring substituents is 1. The van der Waals surface area contributed by atoms with E-state index in [4.69, 9.17) is 16.0 Å². The van der Waals surface area contributed by atoms with E-state index in [0.717, 1.165) is 25.7 Å². The van der Waals surface area contributed by atoms with Gasteiger partial charge in [0.05, 0.1) is 10.5 Å². The predicted molar refractivity (Wildman–Crippen MR) is 75.1 cm³/mol. The van der Waals surface area contributed by atoms with Crippen LogP contribution in [-0.4, -0.2) is 15.1 Å². The zero-order valence-electron chi connectivity index (χ0n) is 11.3. The molecule has 0 unspecified atom stereocenters. The van der Waals surface area contributed by atoms with Crippen molar-refractivity contribution in [3.63, 3.8) is 0 Å². The summed E-state index contributed by atoms with van der Waals surface area (Å²) in [5.74, 6) is 0.666. The Morgan fingerprint density at radius 3 is 2.71 bits per heavy atom. The van der Waals surface area contributed by atoms with Crippen LogP contribution in [0.4, 0.5) is 11.4 Å². The molecule has 0 bridgehead atoms. The first-order valence-corrected chi connectivity index (χ1v) is 6.67. The summed E-state index contributed by atoms with van der Waals surface area (Å²) in [7, 11) is 0. The Hall–Kier alpha value is -2.48. The summed E-state index contributed by atoms with van der Waals surface area (Å²) in [5.41, 5.74) is 11.6. The van der Waals surface area contributed by atoms with Crippen molar-refractivity contribution in [2.45, 2.75) is 31.2 Å². The molecule has 0 aliphatic heterocycles. The van der Waals surface area contributed by atoms with Crippen LogP contribution in [0.25, 0.3) is 11.5 Å². The van der Waals surface area contributed by atoms with Crippen LogP contribution >= 0.6 is 0 Å². The van der Waals surface area contributed by atoms with Crippen molar-refractivity contribution < 1.29 is 9.45 Å². The number of benzene rings is 1. The van der Waals surface area contributed by atoms with Crippen molar-refractivity contribution in [2.24, 2.45) is 5.73 Å². The number of hydrogen-bond acceptors (Lipinski definition) is 7. The summed E-state index contributed by atoms with van der Waals surface area (Å²) in [5, 5.41) is 14.8. The van der Waals surface area contributed by atoms with Gasteiger partial charge in [-0.2, -0.15) is 4.98 Å². The molecule has 110 valence electrons. The number of hydrogen-bond donors (Lipinski definition) is 2. The number of nitrogen functional groups attached to an aromatic ring is 1. The van der Waals surface area contributed by atoms with Crippen molar-refractivity contribution in [3.05, 3.63) is 34.1 Å². The molecule has 3 rings (SSSR count). The summed E-state index contributed by atoms with van der Waals surface area (Å²) in [6, 6.07) is 4.38. The normalized spacial score (nSPS) is 17.0. The summed E-state index contributed by atoms with van der Waals surface area (Å²) in [6.07, 6.45) is 3.70. The largest absolute Gasteiger partial charge is 0.393 e. The van der Waals surface area contributed by atoms with E-state index in [1.165, 1.54) is 12.1 Å². The lowest BCUT2D eigenvalue weighted by Crippen LogP contribution is -2.34. The van der Waals surface area contributed by atoms with Crippen LogP contribution in [-0.2, 0) is 5.54 Å². The van der Waals surface area contributed by atoms with Gasteiger partial charge in [-0.3, -0.25) is 10.1 Å². The molecule has 0 saturated heterocycles. The Morgan fingerprint density at radius 1 is 1.33 bits per heavy atom. The summed E-state index contributed by atoms with van der Waals surface area (Å²) in [6.45, 7) is 0. The maximum absolute atomic E-state index is 10.9. The molecule has 21 heavy (non-hydrogen) atoms. The van der Waals surface area contributed by atoms with Gasteiger partial charge in [0.25, 0.3) is 11.6 Å². The number of nitrogens with zero attached hydrogens (tertiary/aromatic N) is 3. The maximum atomic E-state index is 10.9. The third-order valence-electron chi connectivity index (χ3n) is 3.84. The van der Waals surface area contributed by atoms with Gasteiger partial charge in [-0.25, -0.2) is 0 Å².